The zero-order valence-electron chi connectivity index (χ0n) is 31.6. The summed E-state index contributed by atoms with van der Waals surface area (Å²) >= 11 is 0. The molecule has 5 heteroatoms. The van der Waals surface area contributed by atoms with Crippen LogP contribution in [0.3, 0.4) is 0 Å². The summed E-state index contributed by atoms with van der Waals surface area (Å²) in [6.07, 6.45) is 0. The average Bonchev–Trinajstić information content (AvgIpc) is 4.03. The Morgan fingerprint density at radius 1 is 0.339 bits per heavy atom. The van der Waals surface area contributed by atoms with E-state index in [-0.39, 0.29) is 0 Å². The summed E-state index contributed by atoms with van der Waals surface area (Å²) in [5.74, 6) is 0.815. The Kier molecular flexibility index (Phi) is 5.96. The van der Waals surface area contributed by atoms with Crippen molar-refractivity contribution in [1.29, 1.82) is 0 Å². The second-order valence-electron chi connectivity index (χ2n) is 15.7. The van der Waals surface area contributed by atoms with Crippen molar-refractivity contribution >= 4 is 104 Å². The topological polar surface area (TPSA) is 40.0 Å². The van der Waals surface area contributed by atoms with Crippen LogP contribution in [-0.2, 0) is 0 Å². The second kappa shape index (κ2) is 11.3. The van der Waals surface area contributed by atoms with Gasteiger partial charge in [0.05, 0.1) is 49.7 Å². The van der Waals surface area contributed by atoms with Gasteiger partial charge in [-0.05, 0) is 71.4 Å². The van der Waals surface area contributed by atoms with E-state index in [0.29, 0.717) is 0 Å². The summed E-state index contributed by atoms with van der Waals surface area (Å²) in [7, 11) is 0. The first-order valence-electron chi connectivity index (χ1n) is 20.2. The first-order valence-corrected chi connectivity index (χ1v) is 20.2. The number of hydrogen-bond acceptors (Lipinski definition) is 2. The fraction of sp³-hybridized carbons (Fsp3) is 0. The third kappa shape index (κ3) is 4.03. The predicted molar refractivity (Wildman–Crippen MR) is 246 cm³/mol. The molecule has 5 heterocycles. The zero-order valence-corrected chi connectivity index (χ0v) is 31.6. The number of benzene rings is 9. The second-order valence-corrected chi connectivity index (χ2v) is 15.7. The fourth-order valence-corrected chi connectivity index (χ4v) is 10.3. The van der Waals surface area contributed by atoms with Crippen molar-refractivity contribution in [2.75, 3.05) is 0 Å². The van der Waals surface area contributed by atoms with Gasteiger partial charge in [-0.3, -0.25) is 4.57 Å². The molecular formula is C54H31N5. The molecule has 0 atom stereocenters. The summed E-state index contributed by atoms with van der Waals surface area (Å²) in [6.45, 7) is 0. The molecule has 59 heavy (non-hydrogen) atoms. The van der Waals surface area contributed by atoms with Crippen molar-refractivity contribution < 1.29 is 0 Å². The van der Waals surface area contributed by atoms with Crippen molar-refractivity contribution in [3.63, 3.8) is 0 Å². The highest BCUT2D eigenvalue weighted by Gasteiger charge is 2.25. The molecule has 5 aromatic heterocycles. The van der Waals surface area contributed by atoms with Crippen LogP contribution in [0.4, 0.5) is 0 Å². The lowest BCUT2D eigenvalue weighted by Gasteiger charge is -2.15. The van der Waals surface area contributed by atoms with Gasteiger partial charge in [0.1, 0.15) is 5.69 Å². The van der Waals surface area contributed by atoms with E-state index in [2.05, 4.69) is 189 Å². The smallest absolute Gasteiger partial charge is 0.165 e. The first-order chi connectivity index (χ1) is 29.3. The quantitative estimate of drug-likeness (QED) is 0.180. The highest BCUT2D eigenvalue weighted by Crippen LogP contribution is 2.47. The lowest BCUT2D eigenvalue weighted by molar-refractivity contribution is 1.08. The van der Waals surface area contributed by atoms with Crippen LogP contribution in [0.5, 0.6) is 0 Å². The van der Waals surface area contributed by atoms with Crippen molar-refractivity contribution in [2.24, 2.45) is 0 Å². The molecule has 0 aliphatic heterocycles. The van der Waals surface area contributed by atoms with Crippen molar-refractivity contribution in [2.45, 2.75) is 0 Å². The molecule has 14 aromatic rings. The molecule has 0 amide bonds. The van der Waals surface area contributed by atoms with Gasteiger partial charge in [-0.25, -0.2) is 9.97 Å². The van der Waals surface area contributed by atoms with Gasteiger partial charge < -0.3 is 8.97 Å². The molecule has 0 aliphatic carbocycles. The molecule has 0 saturated heterocycles. The zero-order chi connectivity index (χ0) is 38.3. The van der Waals surface area contributed by atoms with Crippen LogP contribution in [0.2, 0.25) is 0 Å². The van der Waals surface area contributed by atoms with E-state index in [1.807, 2.05) is 12.1 Å². The summed E-state index contributed by atoms with van der Waals surface area (Å²) < 4.78 is 7.26. The van der Waals surface area contributed by atoms with Gasteiger partial charge in [0.2, 0.25) is 0 Å². The number of rotatable bonds is 3. The van der Waals surface area contributed by atoms with Crippen LogP contribution in [-0.4, -0.2) is 23.5 Å². The normalized spacial score (nSPS) is 12.4. The summed E-state index contributed by atoms with van der Waals surface area (Å²) in [4.78, 5) is 10.8. The molecule has 14 rings (SSSR count). The maximum absolute atomic E-state index is 5.42. The summed E-state index contributed by atoms with van der Waals surface area (Å²) in [5, 5.41) is 12.5. The minimum atomic E-state index is 0.815. The van der Waals surface area contributed by atoms with Gasteiger partial charge in [-0.1, -0.05) is 127 Å². The van der Waals surface area contributed by atoms with Crippen molar-refractivity contribution in [1.82, 2.24) is 23.5 Å². The monoisotopic (exact) mass is 749 g/mol. The molecule has 0 aliphatic rings. The van der Waals surface area contributed by atoms with Crippen LogP contribution in [0, 0.1) is 0 Å². The molecule has 0 radical (unpaired) electrons. The molecule has 0 saturated carbocycles. The minimum Gasteiger partial charge on any atom is -0.309 e. The minimum absolute atomic E-state index is 0.815. The number of fused-ring (bicyclic) bond motifs is 16. The summed E-state index contributed by atoms with van der Waals surface area (Å²) in [6, 6.07) is 67.9. The molecule has 0 bridgehead atoms. The van der Waals surface area contributed by atoms with Crippen LogP contribution in [0.1, 0.15) is 0 Å². The molecule has 0 N–H and O–H groups in total. The first kappa shape index (κ1) is 31.1. The Morgan fingerprint density at radius 3 is 1.63 bits per heavy atom. The Hall–Kier alpha value is -8.02. The van der Waals surface area contributed by atoms with E-state index < -0.39 is 0 Å². The number of hydrogen-bond donors (Lipinski definition) is 0. The van der Waals surface area contributed by atoms with Crippen molar-refractivity contribution in [3.8, 4) is 22.8 Å². The largest absolute Gasteiger partial charge is 0.309 e. The molecule has 0 unspecified atom stereocenters. The van der Waals surface area contributed by atoms with E-state index in [4.69, 9.17) is 9.97 Å². The molecule has 5 nitrogen and oxygen atoms in total. The van der Waals surface area contributed by atoms with Gasteiger partial charge in [0, 0.05) is 54.3 Å². The number of nitrogens with zero attached hydrogens (tertiary/aromatic N) is 5. The van der Waals surface area contributed by atoms with Crippen LogP contribution < -0.4 is 0 Å². The SMILES string of the molecule is c1ccc2c(c1)ccc1c2c2ccccc2n1-c1nc2ccccc2nc1-c1ccc(-n2c3ccccc3c3cc4c5ccccc5n5c6ccccc6c(c32)c45)cc1. The third-order valence-electron chi connectivity index (χ3n) is 12.7. The van der Waals surface area contributed by atoms with E-state index in [9.17, 15) is 0 Å². The predicted octanol–water partition coefficient (Wildman–Crippen LogP) is 13.8. The number of para-hydroxylation sites is 6. The van der Waals surface area contributed by atoms with Gasteiger partial charge >= 0.3 is 0 Å². The highest BCUT2D eigenvalue weighted by molar-refractivity contribution is 6.34. The Bertz CT molecular complexity index is 4070. The van der Waals surface area contributed by atoms with E-state index in [1.54, 1.807) is 0 Å². The van der Waals surface area contributed by atoms with Crippen molar-refractivity contribution in [3.05, 3.63) is 188 Å². The highest BCUT2D eigenvalue weighted by atomic mass is 15.1. The van der Waals surface area contributed by atoms with Gasteiger partial charge in [0.15, 0.2) is 5.82 Å². The molecule has 0 spiro atoms. The van der Waals surface area contributed by atoms with Crippen LogP contribution >= 0.6 is 0 Å². The van der Waals surface area contributed by atoms with Gasteiger partial charge in [-0.2, -0.15) is 0 Å². The average molecular weight is 750 g/mol. The summed E-state index contributed by atoms with van der Waals surface area (Å²) in [5.41, 5.74) is 13.0. The lowest BCUT2D eigenvalue weighted by Crippen LogP contribution is -2.04. The van der Waals surface area contributed by atoms with Crippen LogP contribution in [0.25, 0.3) is 126 Å². The molecule has 9 aromatic carbocycles. The Labute approximate surface area is 336 Å². The van der Waals surface area contributed by atoms with Gasteiger partial charge in [-0.15, -0.1) is 0 Å². The standard InChI is InChI=1S/C54H31N5/c1-2-14-35-32(13-1)27-30-48-49(35)38-17-5-12-24-47(38)59(48)54-51(55-42-19-7-8-20-43(42)56-54)33-25-28-34(29-26-33)57-44-21-9-3-15-36(44)40-31-41-37-16-4-10-22-45(37)58-46-23-11-6-18-39(46)50(52(40)57)53(41)58/h1-31H. The maximum Gasteiger partial charge on any atom is 0.165 e. The van der Waals surface area contributed by atoms with E-state index in [1.165, 1.54) is 81.4 Å². The Balaban J connectivity index is 1.04. The maximum atomic E-state index is 5.42. The van der Waals surface area contributed by atoms with Crippen LogP contribution in [0.15, 0.2) is 188 Å². The van der Waals surface area contributed by atoms with Gasteiger partial charge in [0.25, 0.3) is 0 Å². The van der Waals surface area contributed by atoms with E-state index in [0.717, 1.165) is 44.8 Å². The Morgan fingerprint density at radius 2 is 0.881 bits per heavy atom. The fourth-order valence-electron chi connectivity index (χ4n) is 10.3. The lowest BCUT2D eigenvalue weighted by atomic mass is 10.0. The molecular weight excluding hydrogens is 719 g/mol. The molecule has 0 fully saturated rings. The molecule has 272 valence electrons. The van der Waals surface area contributed by atoms with E-state index >= 15 is 0 Å². The number of aromatic nitrogens is 5. The third-order valence-corrected chi connectivity index (χ3v) is 12.7.